The number of ether oxygens (including phenoxy) is 1. The van der Waals surface area contributed by atoms with Crippen molar-refractivity contribution in [3.8, 4) is 0 Å². The Kier molecular flexibility index (Phi) is 5.16. The number of piperidine rings is 1. The zero-order valence-electron chi connectivity index (χ0n) is 11.8. The second-order valence-electron chi connectivity index (χ2n) is 4.94. The number of nitrogens with one attached hydrogen (secondary N) is 1. The summed E-state index contributed by atoms with van der Waals surface area (Å²) in [7, 11) is 1.88. The molecule has 0 aliphatic carbocycles. The van der Waals surface area contributed by atoms with Gasteiger partial charge in [-0.3, -0.25) is 0 Å². The molecule has 2 rings (SSSR count). The number of hydrogen-bond acceptors (Lipinski definition) is 3. The maximum absolute atomic E-state index is 14.2. The highest BCUT2D eigenvalue weighted by molar-refractivity contribution is 5.55. The van der Waals surface area contributed by atoms with Crippen LogP contribution in [0.3, 0.4) is 0 Å². The molecule has 1 aliphatic heterocycles. The lowest BCUT2D eigenvalue weighted by molar-refractivity contribution is 0.0525. The third kappa shape index (κ3) is 3.45. The summed E-state index contributed by atoms with van der Waals surface area (Å²) in [5, 5.41) is 3.10. The Labute approximate surface area is 114 Å². The minimum atomic E-state index is -0.134. The fourth-order valence-electron chi connectivity index (χ4n) is 2.76. The lowest BCUT2D eigenvalue weighted by atomic mass is 10.0. The van der Waals surface area contributed by atoms with Crippen LogP contribution < -0.4 is 10.2 Å². The van der Waals surface area contributed by atoms with E-state index in [1.165, 1.54) is 0 Å². The molecule has 0 bridgehead atoms. The molecule has 19 heavy (non-hydrogen) atoms. The van der Waals surface area contributed by atoms with E-state index >= 15 is 0 Å². The van der Waals surface area contributed by atoms with Crippen LogP contribution in [0, 0.1) is 5.82 Å². The Morgan fingerprint density at radius 3 is 3.05 bits per heavy atom. The summed E-state index contributed by atoms with van der Waals surface area (Å²) in [6, 6.07) is 5.30. The Morgan fingerprint density at radius 1 is 1.47 bits per heavy atom. The number of halogens is 1. The average molecular weight is 266 g/mol. The van der Waals surface area contributed by atoms with Crippen molar-refractivity contribution in [2.45, 2.75) is 32.4 Å². The molecule has 0 amide bonds. The standard InChI is InChI=1S/C15H23FN2O/c1-3-19-13-7-5-9-18(11-13)15-12(10-17-2)6-4-8-14(15)16/h4,6,8,13,17H,3,5,7,9-11H2,1-2H3. The molecule has 1 atom stereocenters. The van der Waals surface area contributed by atoms with Crippen molar-refractivity contribution in [1.29, 1.82) is 0 Å². The van der Waals surface area contributed by atoms with Gasteiger partial charge in [0, 0.05) is 26.2 Å². The SMILES string of the molecule is CCOC1CCCN(c2c(F)cccc2CNC)C1. The van der Waals surface area contributed by atoms with Crippen molar-refractivity contribution < 1.29 is 9.13 Å². The smallest absolute Gasteiger partial charge is 0.146 e. The topological polar surface area (TPSA) is 24.5 Å². The van der Waals surface area contributed by atoms with Gasteiger partial charge in [0.05, 0.1) is 11.8 Å². The molecule has 106 valence electrons. The van der Waals surface area contributed by atoms with E-state index in [9.17, 15) is 4.39 Å². The molecule has 0 aromatic heterocycles. The predicted molar refractivity (Wildman–Crippen MR) is 76.0 cm³/mol. The Balaban J connectivity index is 2.20. The number of anilines is 1. The monoisotopic (exact) mass is 266 g/mol. The number of rotatable bonds is 5. The van der Waals surface area contributed by atoms with E-state index in [-0.39, 0.29) is 11.9 Å². The lowest BCUT2D eigenvalue weighted by Gasteiger charge is -2.35. The first-order valence-electron chi connectivity index (χ1n) is 7.04. The van der Waals surface area contributed by atoms with Gasteiger partial charge < -0.3 is 15.0 Å². The molecular formula is C15H23FN2O. The number of nitrogens with zero attached hydrogens (tertiary/aromatic N) is 1. The summed E-state index contributed by atoms with van der Waals surface area (Å²) in [6.07, 6.45) is 2.35. The van der Waals surface area contributed by atoms with Crippen molar-refractivity contribution in [2.75, 3.05) is 31.6 Å². The highest BCUT2D eigenvalue weighted by Gasteiger charge is 2.23. The van der Waals surface area contributed by atoms with Crippen LogP contribution in [0.25, 0.3) is 0 Å². The minimum Gasteiger partial charge on any atom is -0.377 e. The van der Waals surface area contributed by atoms with Gasteiger partial charge >= 0.3 is 0 Å². The summed E-state index contributed by atoms with van der Waals surface area (Å²) < 4.78 is 19.9. The minimum absolute atomic E-state index is 0.134. The van der Waals surface area contributed by atoms with Gasteiger partial charge in [0.15, 0.2) is 0 Å². The van der Waals surface area contributed by atoms with Crippen molar-refractivity contribution in [2.24, 2.45) is 0 Å². The van der Waals surface area contributed by atoms with E-state index in [1.807, 2.05) is 20.0 Å². The van der Waals surface area contributed by atoms with Crippen LogP contribution in [0.5, 0.6) is 0 Å². The molecule has 1 fully saturated rings. The molecule has 3 nitrogen and oxygen atoms in total. The maximum atomic E-state index is 14.2. The summed E-state index contributed by atoms with van der Waals surface area (Å²) in [5.41, 5.74) is 1.75. The molecule has 0 radical (unpaired) electrons. The van der Waals surface area contributed by atoms with Crippen molar-refractivity contribution in [3.63, 3.8) is 0 Å². The molecule has 0 saturated carbocycles. The first kappa shape index (κ1) is 14.3. The first-order chi connectivity index (χ1) is 9.26. The van der Waals surface area contributed by atoms with E-state index in [4.69, 9.17) is 4.74 Å². The molecule has 1 aliphatic rings. The van der Waals surface area contributed by atoms with Crippen LogP contribution >= 0.6 is 0 Å². The van der Waals surface area contributed by atoms with Crippen LogP contribution in [0.1, 0.15) is 25.3 Å². The summed E-state index contributed by atoms with van der Waals surface area (Å²) >= 11 is 0. The van der Waals surface area contributed by atoms with Crippen LogP contribution in [-0.2, 0) is 11.3 Å². The zero-order valence-corrected chi connectivity index (χ0v) is 11.8. The van der Waals surface area contributed by atoms with Crippen LogP contribution in [0.2, 0.25) is 0 Å². The molecule has 0 spiro atoms. The molecule has 1 saturated heterocycles. The van der Waals surface area contributed by atoms with Gasteiger partial charge in [-0.25, -0.2) is 4.39 Å². The summed E-state index contributed by atoms with van der Waals surface area (Å²) in [4.78, 5) is 2.13. The van der Waals surface area contributed by atoms with E-state index in [2.05, 4.69) is 10.2 Å². The summed E-state index contributed by atoms with van der Waals surface area (Å²) in [6.45, 7) is 5.10. The van der Waals surface area contributed by atoms with E-state index in [1.54, 1.807) is 12.1 Å². The molecule has 4 heteroatoms. The van der Waals surface area contributed by atoms with Gasteiger partial charge in [-0.15, -0.1) is 0 Å². The Bertz CT molecular complexity index is 409. The van der Waals surface area contributed by atoms with Crippen molar-refractivity contribution >= 4 is 5.69 Å². The third-order valence-electron chi connectivity index (χ3n) is 3.53. The fraction of sp³-hybridized carbons (Fsp3) is 0.600. The van der Waals surface area contributed by atoms with Gasteiger partial charge in [0.25, 0.3) is 0 Å². The quantitative estimate of drug-likeness (QED) is 0.886. The van der Waals surface area contributed by atoms with E-state index < -0.39 is 0 Å². The van der Waals surface area contributed by atoms with Gasteiger partial charge in [0.1, 0.15) is 5.82 Å². The third-order valence-corrected chi connectivity index (χ3v) is 3.53. The van der Waals surface area contributed by atoms with Crippen LogP contribution in [0.15, 0.2) is 18.2 Å². The van der Waals surface area contributed by atoms with E-state index in [0.717, 1.165) is 43.8 Å². The van der Waals surface area contributed by atoms with Crippen molar-refractivity contribution in [3.05, 3.63) is 29.6 Å². The molecule has 1 aromatic rings. The van der Waals surface area contributed by atoms with Gasteiger partial charge in [0.2, 0.25) is 0 Å². The zero-order chi connectivity index (χ0) is 13.7. The second kappa shape index (κ2) is 6.87. The Hall–Kier alpha value is -1.13. The van der Waals surface area contributed by atoms with E-state index in [0.29, 0.717) is 6.54 Å². The number of para-hydroxylation sites is 1. The fourth-order valence-corrected chi connectivity index (χ4v) is 2.76. The van der Waals surface area contributed by atoms with Crippen molar-refractivity contribution in [1.82, 2.24) is 5.32 Å². The van der Waals surface area contributed by atoms with Gasteiger partial charge in [-0.05, 0) is 38.4 Å². The van der Waals surface area contributed by atoms with Crippen LogP contribution in [0.4, 0.5) is 10.1 Å². The molecular weight excluding hydrogens is 243 g/mol. The normalized spacial score (nSPS) is 19.7. The van der Waals surface area contributed by atoms with Gasteiger partial charge in [-0.2, -0.15) is 0 Å². The molecule has 1 N–H and O–H groups in total. The number of hydrogen-bond donors (Lipinski definition) is 1. The molecule has 1 unspecified atom stereocenters. The Morgan fingerprint density at radius 2 is 2.32 bits per heavy atom. The van der Waals surface area contributed by atoms with Gasteiger partial charge in [-0.1, -0.05) is 12.1 Å². The lowest BCUT2D eigenvalue weighted by Crippen LogP contribution is -2.40. The highest BCUT2D eigenvalue weighted by atomic mass is 19.1. The molecule has 1 aromatic carbocycles. The predicted octanol–water partition coefficient (Wildman–Crippen LogP) is 2.55. The summed E-state index contributed by atoms with van der Waals surface area (Å²) in [5.74, 6) is -0.134. The van der Waals surface area contributed by atoms with Crippen LogP contribution in [-0.4, -0.2) is 32.8 Å². The highest BCUT2D eigenvalue weighted by Crippen LogP contribution is 2.28. The average Bonchev–Trinajstić information content (AvgIpc) is 2.40. The number of benzene rings is 1. The maximum Gasteiger partial charge on any atom is 0.146 e. The largest absolute Gasteiger partial charge is 0.377 e. The first-order valence-corrected chi connectivity index (χ1v) is 7.04. The molecule has 1 heterocycles. The second-order valence-corrected chi connectivity index (χ2v) is 4.94.